The highest BCUT2D eigenvalue weighted by Crippen LogP contribution is 2.17. The SMILES string of the molecule is CC(OC(=O)[C@@H](NS(=O)(=O)c1cccc(Cl)c1)C(C)C)C(=O)NC(N)=O. The minimum atomic E-state index is -4.06. The zero-order valence-corrected chi connectivity index (χ0v) is 15.9. The highest BCUT2D eigenvalue weighted by atomic mass is 35.5. The van der Waals surface area contributed by atoms with Crippen LogP contribution in [0.15, 0.2) is 29.2 Å². The maximum absolute atomic E-state index is 12.5. The summed E-state index contributed by atoms with van der Waals surface area (Å²) in [6, 6.07) is 3.15. The van der Waals surface area contributed by atoms with Gasteiger partial charge in [-0.2, -0.15) is 4.72 Å². The second kappa shape index (κ2) is 8.97. The van der Waals surface area contributed by atoms with E-state index in [1.165, 1.54) is 31.2 Å². The fourth-order valence-electron chi connectivity index (χ4n) is 1.85. The Balaban J connectivity index is 2.93. The van der Waals surface area contributed by atoms with Gasteiger partial charge in [-0.1, -0.05) is 31.5 Å². The predicted molar refractivity (Wildman–Crippen MR) is 93.7 cm³/mol. The molecule has 4 N–H and O–H groups in total. The van der Waals surface area contributed by atoms with Gasteiger partial charge in [0.25, 0.3) is 5.91 Å². The van der Waals surface area contributed by atoms with E-state index < -0.39 is 46.0 Å². The molecule has 0 radical (unpaired) electrons. The van der Waals surface area contributed by atoms with Gasteiger partial charge in [-0.3, -0.25) is 14.9 Å². The van der Waals surface area contributed by atoms with Crippen molar-refractivity contribution in [1.29, 1.82) is 0 Å². The van der Waals surface area contributed by atoms with E-state index in [2.05, 4.69) is 4.72 Å². The van der Waals surface area contributed by atoms with Crippen LogP contribution in [-0.2, 0) is 24.3 Å². The fourth-order valence-corrected chi connectivity index (χ4v) is 3.48. The first-order chi connectivity index (χ1) is 11.9. The Morgan fingerprint density at radius 2 is 1.81 bits per heavy atom. The number of amides is 3. The van der Waals surface area contributed by atoms with Crippen molar-refractivity contribution in [2.24, 2.45) is 11.7 Å². The van der Waals surface area contributed by atoms with E-state index in [0.29, 0.717) is 0 Å². The lowest BCUT2D eigenvalue weighted by Crippen LogP contribution is -2.48. The number of nitrogens with two attached hydrogens (primary N) is 1. The van der Waals surface area contributed by atoms with Gasteiger partial charge in [0.1, 0.15) is 6.04 Å². The summed E-state index contributed by atoms with van der Waals surface area (Å²) >= 11 is 5.79. The van der Waals surface area contributed by atoms with E-state index in [1.807, 2.05) is 0 Å². The number of carbonyl (C=O) groups is 3. The molecule has 11 heteroatoms. The van der Waals surface area contributed by atoms with Crippen molar-refractivity contribution in [1.82, 2.24) is 10.0 Å². The van der Waals surface area contributed by atoms with Gasteiger partial charge in [0.2, 0.25) is 10.0 Å². The first-order valence-corrected chi connectivity index (χ1v) is 9.39. The third-order valence-corrected chi connectivity index (χ3v) is 4.89. The molecule has 0 saturated heterocycles. The van der Waals surface area contributed by atoms with Crippen molar-refractivity contribution >= 4 is 39.5 Å². The number of halogens is 1. The van der Waals surface area contributed by atoms with E-state index in [0.717, 1.165) is 0 Å². The number of hydrogen-bond acceptors (Lipinski definition) is 6. The lowest BCUT2D eigenvalue weighted by Gasteiger charge is -2.22. The summed E-state index contributed by atoms with van der Waals surface area (Å²) in [5, 5.41) is 1.98. The number of esters is 1. The molecule has 0 aliphatic rings. The number of primary amides is 1. The molecule has 3 amide bonds. The molecule has 2 atom stereocenters. The van der Waals surface area contributed by atoms with Crippen molar-refractivity contribution in [2.45, 2.75) is 37.8 Å². The molecule has 0 aliphatic carbocycles. The number of imide groups is 1. The van der Waals surface area contributed by atoms with E-state index in [1.54, 1.807) is 19.2 Å². The van der Waals surface area contributed by atoms with Crippen molar-refractivity contribution in [3.63, 3.8) is 0 Å². The van der Waals surface area contributed by atoms with Gasteiger partial charge in [-0.05, 0) is 31.0 Å². The summed E-state index contributed by atoms with van der Waals surface area (Å²) in [5.41, 5.74) is 4.82. The quantitative estimate of drug-likeness (QED) is 0.571. The van der Waals surface area contributed by atoms with Gasteiger partial charge in [0.15, 0.2) is 6.10 Å². The van der Waals surface area contributed by atoms with Crippen LogP contribution in [0.3, 0.4) is 0 Å². The summed E-state index contributed by atoms with van der Waals surface area (Å²) in [7, 11) is -4.06. The standard InChI is InChI=1S/C15H20ClN3O6S/c1-8(2)12(14(21)25-9(3)13(20)18-15(17)22)19-26(23,24)11-6-4-5-10(16)7-11/h4-9,12,19H,1-3H3,(H3,17,18,20,22)/t9?,12-/m0/s1. The number of urea groups is 1. The minimum Gasteiger partial charge on any atom is -0.451 e. The molecule has 1 rings (SSSR count). The largest absolute Gasteiger partial charge is 0.451 e. The topological polar surface area (TPSA) is 145 Å². The van der Waals surface area contributed by atoms with E-state index in [4.69, 9.17) is 22.1 Å². The lowest BCUT2D eigenvalue weighted by atomic mass is 10.1. The van der Waals surface area contributed by atoms with Crippen LogP contribution in [0, 0.1) is 5.92 Å². The average molecular weight is 406 g/mol. The van der Waals surface area contributed by atoms with Crippen LogP contribution in [0.2, 0.25) is 5.02 Å². The number of ether oxygens (including phenoxy) is 1. The molecule has 0 aliphatic heterocycles. The highest BCUT2D eigenvalue weighted by molar-refractivity contribution is 7.89. The van der Waals surface area contributed by atoms with Gasteiger partial charge in [-0.25, -0.2) is 13.2 Å². The van der Waals surface area contributed by atoms with Crippen LogP contribution in [0.5, 0.6) is 0 Å². The molecule has 0 spiro atoms. The third kappa shape index (κ3) is 6.28. The second-order valence-corrected chi connectivity index (χ2v) is 7.88. The third-order valence-electron chi connectivity index (χ3n) is 3.22. The van der Waals surface area contributed by atoms with Crippen molar-refractivity contribution in [3.05, 3.63) is 29.3 Å². The Bertz CT molecular complexity index is 796. The van der Waals surface area contributed by atoms with Gasteiger partial charge in [0, 0.05) is 5.02 Å². The van der Waals surface area contributed by atoms with Crippen LogP contribution in [0.1, 0.15) is 20.8 Å². The molecule has 144 valence electrons. The smallest absolute Gasteiger partial charge is 0.325 e. The zero-order chi connectivity index (χ0) is 20.1. The summed E-state index contributed by atoms with van der Waals surface area (Å²) < 4.78 is 32.1. The summed E-state index contributed by atoms with van der Waals surface area (Å²) in [4.78, 5) is 34.4. The van der Waals surface area contributed by atoms with Crippen molar-refractivity contribution < 1.29 is 27.5 Å². The normalized spacial score (nSPS) is 13.7. The lowest BCUT2D eigenvalue weighted by molar-refractivity contribution is -0.157. The second-order valence-electron chi connectivity index (χ2n) is 5.73. The number of benzene rings is 1. The highest BCUT2D eigenvalue weighted by Gasteiger charge is 2.32. The van der Waals surface area contributed by atoms with Crippen LogP contribution in [-0.4, -0.2) is 38.5 Å². The molecular formula is C15H20ClN3O6S. The molecule has 26 heavy (non-hydrogen) atoms. The number of hydrogen-bond donors (Lipinski definition) is 3. The van der Waals surface area contributed by atoms with Crippen molar-refractivity contribution in [3.8, 4) is 0 Å². The summed E-state index contributed by atoms with van der Waals surface area (Å²) in [6.45, 7) is 4.42. The molecule has 1 aromatic rings. The van der Waals surface area contributed by atoms with Gasteiger partial charge < -0.3 is 10.5 Å². The fraction of sp³-hybridized carbons (Fsp3) is 0.400. The van der Waals surface area contributed by atoms with Gasteiger partial charge >= 0.3 is 12.0 Å². The number of sulfonamides is 1. The van der Waals surface area contributed by atoms with Crippen LogP contribution in [0.25, 0.3) is 0 Å². The van der Waals surface area contributed by atoms with Crippen LogP contribution < -0.4 is 15.8 Å². The average Bonchev–Trinajstić information content (AvgIpc) is 2.51. The molecule has 0 heterocycles. The molecule has 0 aromatic heterocycles. The Hall–Kier alpha value is -2.17. The van der Waals surface area contributed by atoms with E-state index in [9.17, 15) is 22.8 Å². The first kappa shape index (κ1) is 21.9. The molecule has 0 saturated carbocycles. The predicted octanol–water partition coefficient (Wildman–Crippen LogP) is 0.770. The maximum atomic E-state index is 12.5. The molecular weight excluding hydrogens is 386 g/mol. The Kier molecular flexibility index (Phi) is 7.54. The van der Waals surface area contributed by atoms with E-state index in [-0.39, 0.29) is 9.92 Å². The van der Waals surface area contributed by atoms with Crippen LogP contribution >= 0.6 is 11.6 Å². The van der Waals surface area contributed by atoms with Gasteiger partial charge in [-0.15, -0.1) is 0 Å². The van der Waals surface area contributed by atoms with Gasteiger partial charge in [0.05, 0.1) is 4.90 Å². The number of carbonyl (C=O) groups excluding carboxylic acids is 3. The Morgan fingerprint density at radius 1 is 1.19 bits per heavy atom. The molecule has 1 unspecified atom stereocenters. The summed E-state index contributed by atoms with van der Waals surface area (Å²) in [5.74, 6) is -2.38. The van der Waals surface area contributed by atoms with Crippen molar-refractivity contribution in [2.75, 3.05) is 0 Å². The zero-order valence-electron chi connectivity index (χ0n) is 14.4. The molecule has 1 aromatic carbocycles. The Morgan fingerprint density at radius 3 is 2.31 bits per heavy atom. The first-order valence-electron chi connectivity index (χ1n) is 7.52. The number of rotatable bonds is 7. The summed E-state index contributed by atoms with van der Waals surface area (Å²) in [6.07, 6.45) is -1.34. The maximum Gasteiger partial charge on any atom is 0.325 e. The number of nitrogens with one attached hydrogen (secondary N) is 2. The minimum absolute atomic E-state index is 0.122. The molecule has 0 fully saturated rings. The monoisotopic (exact) mass is 405 g/mol. The van der Waals surface area contributed by atoms with E-state index >= 15 is 0 Å². The molecule has 9 nitrogen and oxygen atoms in total. The Labute approximate surface area is 156 Å². The van der Waals surface area contributed by atoms with Crippen LogP contribution in [0.4, 0.5) is 4.79 Å². The molecule has 0 bridgehead atoms.